The Morgan fingerprint density at radius 2 is 1.66 bits per heavy atom. The Bertz CT molecular complexity index is 642. The third-order valence-electron chi connectivity index (χ3n) is 4.50. The number of hydrogen-bond donors (Lipinski definition) is 5. The zero-order valence-corrected chi connectivity index (χ0v) is 16.2. The molecular weight excluding hydrogens is 420 g/mol. The normalized spacial score (nSPS) is 43.8. The number of hydrogen-bond acceptors (Lipinski definition) is 13. The van der Waals surface area contributed by atoms with Crippen LogP contribution in [0.1, 0.15) is 6.92 Å². The van der Waals surface area contributed by atoms with Crippen LogP contribution in [-0.4, -0.2) is 113 Å². The van der Waals surface area contributed by atoms with E-state index in [1.54, 1.807) is 0 Å². The summed E-state index contributed by atoms with van der Waals surface area (Å²) < 4.78 is 58.1. The van der Waals surface area contributed by atoms with Crippen LogP contribution < -0.4 is 0 Å². The predicted molar refractivity (Wildman–Crippen MR) is 89.7 cm³/mol. The van der Waals surface area contributed by atoms with Gasteiger partial charge in [0, 0.05) is 0 Å². The summed E-state index contributed by atoms with van der Waals surface area (Å²) in [6.07, 6.45) is -14.4. The first kappa shape index (κ1) is 24.5. The molecule has 2 aliphatic heterocycles. The van der Waals surface area contributed by atoms with Crippen LogP contribution in [0.2, 0.25) is 0 Å². The van der Waals surface area contributed by atoms with E-state index in [4.69, 9.17) is 18.9 Å². The highest BCUT2D eigenvalue weighted by molar-refractivity contribution is 7.80. The average Bonchev–Trinajstić information content (AvgIpc) is 2.65. The fraction of sp³-hybridized carbons (Fsp3) is 0.867. The highest BCUT2D eigenvalue weighted by atomic mass is 32.3. The highest BCUT2D eigenvalue weighted by Gasteiger charge is 2.51. The van der Waals surface area contributed by atoms with E-state index in [9.17, 15) is 38.5 Å². The minimum atomic E-state index is -5.34. The number of ether oxygens (including phenoxy) is 4. The van der Waals surface area contributed by atoms with E-state index in [1.807, 2.05) is 0 Å². The van der Waals surface area contributed by atoms with Crippen LogP contribution in [0.25, 0.3) is 0 Å². The Morgan fingerprint density at radius 3 is 2.21 bits per heavy atom. The Morgan fingerprint density at radius 1 is 1.03 bits per heavy atom. The molecule has 2 heterocycles. The first-order chi connectivity index (χ1) is 13.5. The molecule has 0 amide bonds. The van der Waals surface area contributed by atoms with Gasteiger partial charge >= 0.3 is 0 Å². The standard InChI is InChI=1S/C15H26O13S/c1-3-4-24-14-10(19)12(8(17)6(2)25-14)27-15-11(20)13(28-29(21,22)23)9(18)7(5-16)26-15/h3,6-20H,1,4-5H2,2H3,(H,21,22,23)/p-1/t6-,7+,8+,9+,10-,11+,12+,13-,14+,15-/m0/s1. The highest BCUT2D eigenvalue weighted by Crippen LogP contribution is 2.30. The van der Waals surface area contributed by atoms with Crippen LogP contribution in [0.5, 0.6) is 0 Å². The van der Waals surface area contributed by atoms with Gasteiger partial charge in [0.05, 0.1) is 19.3 Å². The van der Waals surface area contributed by atoms with Crippen LogP contribution in [0, 0.1) is 0 Å². The van der Waals surface area contributed by atoms with Gasteiger partial charge in [0.1, 0.15) is 42.7 Å². The van der Waals surface area contributed by atoms with Gasteiger partial charge < -0.3 is 49.0 Å². The fourth-order valence-corrected chi connectivity index (χ4v) is 3.53. The maximum Gasteiger partial charge on any atom is 0.218 e. The second-order valence-corrected chi connectivity index (χ2v) is 7.60. The summed E-state index contributed by atoms with van der Waals surface area (Å²) in [6.45, 7) is 4.09. The summed E-state index contributed by atoms with van der Waals surface area (Å²) in [6, 6.07) is 0. The van der Waals surface area contributed by atoms with Crippen molar-refractivity contribution >= 4 is 10.4 Å². The second kappa shape index (κ2) is 10.0. The lowest BCUT2D eigenvalue weighted by Crippen LogP contribution is -2.64. The summed E-state index contributed by atoms with van der Waals surface area (Å²) in [5.74, 6) is 0. The molecule has 0 bridgehead atoms. The van der Waals surface area contributed by atoms with Crippen LogP contribution in [0.4, 0.5) is 0 Å². The molecule has 10 atom stereocenters. The molecule has 2 aliphatic rings. The molecular formula is C15H25O13S-. The van der Waals surface area contributed by atoms with E-state index < -0.39 is 78.4 Å². The molecule has 0 aromatic rings. The van der Waals surface area contributed by atoms with Gasteiger partial charge in [-0.3, -0.25) is 4.18 Å². The Balaban J connectivity index is 2.21. The van der Waals surface area contributed by atoms with Crippen LogP contribution in [-0.2, 0) is 33.5 Å². The molecule has 29 heavy (non-hydrogen) atoms. The predicted octanol–water partition coefficient (Wildman–Crippen LogP) is -3.67. The van der Waals surface area contributed by atoms with E-state index in [0.717, 1.165) is 0 Å². The van der Waals surface area contributed by atoms with Gasteiger partial charge in [-0.05, 0) is 6.92 Å². The molecule has 2 saturated heterocycles. The van der Waals surface area contributed by atoms with Gasteiger partial charge in [-0.15, -0.1) is 6.58 Å². The fourth-order valence-electron chi connectivity index (χ4n) is 3.03. The van der Waals surface area contributed by atoms with Crippen LogP contribution in [0.15, 0.2) is 12.7 Å². The van der Waals surface area contributed by atoms with Crippen molar-refractivity contribution in [2.45, 2.75) is 68.3 Å². The minimum absolute atomic E-state index is 0.00979. The van der Waals surface area contributed by atoms with Gasteiger partial charge in [-0.1, -0.05) is 6.08 Å². The van der Waals surface area contributed by atoms with Gasteiger partial charge in [0.2, 0.25) is 10.4 Å². The largest absolute Gasteiger partial charge is 0.726 e. The Labute approximate surface area is 167 Å². The Hall–Kier alpha value is -0.750. The first-order valence-corrected chi connectivity index (χ1v) is 9.99. The molecule has 5 N–H and O–H groups in total. The zero-order valence-electron chi connectivity index (χ0n) is 15.4. The van der Waals surface area contributed by atoms with Gasteiger partial charge in [0.15, 0.2) is 12.6 Å². The summed E-state index contributed by atoms with van der Waals surface area (Å²) in [5.41, 5.74) is 0. The van der Waals surface area contributed by atoms with E-state index in [-0.39, 0.29) is 6.61 Å². The van der Waals surface area contributed by atoms with E-state index in [1.165, 1.54) is 13.0 Å². The maximum atomic E-state index is 10.9. The van der Waals surface area contributed by atoms with Gasteiger partial charge in [0.25, 0.3) is 0 Å². The van der Waals surface area contributed by atoms with Crippen molar-refractivity contribution in [2.24, 2.45) is 0 Å². The summed E-state index contributed by atoms with van der Waals surface area (Å²) in [4.78, 5) is 0. The molecule has 0 aromatic carbocycles. The smallest absolute Gasteiger partial charge is 0.218 e. The number of aliphatic hydroxyl groups is 5. The van der Waals surface area contributed by atoms with Crippen LogP contribution in [0.3, 0.4) is 0 Å². The van der Waals surface area contributed by atoms with Crippen molar-refractivity contribution in [3.63, 3.8) is 0 Å². The van der Waals surface area contributed by atoms with Crippen molar-refractivity contribution < 1.29 is 61.6 Å². The molecule has 0 unspecified atom stereocenters. The van der Waals surface area contributed by atoms with E-state index >= 15 is 0 Å². The maximum absolute atomic E-state index is 10.9. The van der Waals surface area contributed by atoms with E-state index in [0.29, 0.717) is 0 Å². The van der Waals surface area contributed by atoms with E-state index in [2.05, 4.69) is 10.8 Å². The van der Waals surface area contributed by atoms with Crippen molar-refractivity contribution in [3.05, 3.63) is 12.7 Å². The third-order valence-corrected chi connectivity index (χ3v) is 4.96. The number of rotatable bonds is 8. The SMILES string of the molecule is C=CCO[C@@H]1O[C@@H](C)[C@@H](O)[C@@H](O[C@@H]2O[C@H](CO)[C@@H](O)[C@H](OS(=O)(=O)[O-])[C@H]2O)[C@@H]1O. The van der Waals surface area contributed by atoms with Crippen LogP contribution >= 0.6 is 0 Å². The molecule has 170 valence electrons. The minimum Gasteiger partial charge on any atom is -0.726 e. The van der Waals surface area contributed by atoms with Crippen molar-refractivity contribution in [2.75, 3.05) is 13.2 Å². The van der Waals surface area contributed by atoms with Crippen molar-refractivity contribution in [3.8, 4) is 0 Å². The summed E-state index contributed by atoms with van der Waals surface area (Å²) >= 11 is 0. The summed E-state index contributed by atoms with van der Waals surface area (Å²) in [7, 11) is -5.34. The third kappa shape index (κ3) is 5.90. The lowest BCUT2D eigenvalue weighted by Gasteiger charge is -2.46. The molecule has 13 nitrogen and oxygen atoms in total. The molecule has 0 radical (unpaired) electrons. The zero-order chi connectivity index (χ0) is 21.9. The molecule has 0 saturated carbocycles. The first-order valence-electron chi connectivity index (χ1n) is 8.66. The van der Waals surface area contributed by atoms with Gasteiger partial charge in [-0.25, -0.2) is 8.42 Å². The monoisotopic (exact) mass is 445 g/mol. The van der Waals surface area contributed by atoms with Gasteiger partial charge in [-0.2, -0.15) is 0 Å². The quantitative estimate of drug-likeness (QED) is 0.139. The lowest BCUT2D eigenvalue weighted by molar-refractivity contribution is -0.354. The molecule has 0 aromatic heterocycles. The molecule has 14 heteroatoms. The molecule has 2 rings (SSSR count). The van der Waals surface area contributed by atoms with Crippen molar-refractivity contribution in [1.82, 2.24) is 0 Å². The lowest BCUT2D eigenvalue weighted by atomic mass is 9.97. The second-order valence-electron chi connectivity index (χ2n) is 6.59. The number of aliphatic hydroxyl groups excluding tert-OH is 5. The Kier molecular flexibility index (Phi) is 8.49. The molecule has 0 spiro atoms. The van der Waals surface area contributed by atoms with Crippen molar-refractivity contribution in [1.29, 1.82) is 0 Å². The average molecular weight is 445 g/mol. The molecule has 2 fully saturated rings. The summed E-state index contributed by atoms with van der Waals surface area (Å²) in [5, 5.41) is 50.3. The topological polar surface area (TPSA) is 204 Å². The molecule has 0 aliphatic carbocycles.